The van der Waals surface area contributed by atoms with Crippen LogP contribution < -0.4 is 10.1 Å². The van der Waals surface area contributed by atoms with E-state index in [1.165, 1.54) is 0 Å². The summed E-state index contributed by atoms with van der Waals surface area (Å²) >= 11 is 11.7. The lowest BCUT2D eigenvalue weighted by atomic mass is 10.2. The second-order valence-corrected chi connectivity index (χ2v) is 5.34. The molecule has 0 aliphatic rings. The van der Waals surface area contributed by atoms with E-state index in [2.05, 4.69) is 5.32 Å². The monoisotopic (exact) mass is 323 g/mol. The van der Waals surface area contributed by atoms with Gasteiger partial charge in [-0.25, -0.2) is 0 Å². The first kappa shape index (κ1) is 15.7. The van der Waals surface area contributed by atoms with Crippen LogP contribution >= 0.6 is 23.2 Å². The Kier molecular flexibility index (Phi) is 5.48. The van der Waals surface area contributed by atoms with Crippen LogP contribution in [0.25, 0.3) is 0 Å². The largest absolute Gasteiger partial charge is 0.481 e. The Morgan fingerprint density at radius 1 is 1.14 bits per heavy atom. The third-order valence-corrected chi connectivity index (χ3v) is 3.34. The van der Waals surface area contributed by atoms with Gasteiger partial charge < -0.3 is 10.1 Å². The van der Waals surface area contributed by atoms with Gasteiger partial charge in [-0.2, -0.15) is 0 Å². The van der Waals surface area contributed by atoms with Gasteiger partial charge in [0.25, 0.3) is 5.91 Å². The first-order valence-electron chi connectivity index (χ1n) is 6.57. The van der Waals surface area contributed by atoms with E-state index in [4.69, 9.17) is 27.9 Å². The van der Waals surface area contributed by atoms with Gasteiger partial charge in [0.15, 0.2) is 6.10 Å². The minimum absolute atomic E-state index is 0.209. The molecule has 2 rings (SSSR count). The van der Waals surface area contributed by atoms with Crippen LogP contribution in [0.2, 0.25) is 10.0 Å². The molecule has 0 fully saturated rings. The predicted octanol–water partition coefficient (Wildman–Crippen LogP) is 4.79. The van der Waals surface area contributed by atoms with E-state index < -0.39 is 6.10 Å². The Morgan fingerprint density at radius 2 is 1.86 bits per heavy atom. The second-order valence-electron chi connectivity index (χ2n) is 4.47. The second kappa shape index (κ2) is 7.34. The number of rotatable bonds is 5. The summed E-state index contributed by atoms with van der Waals surface area (Å²) in [6, 6.07) is 13.9. The standard InChI is InChI=1S/C16H15Cl2NO2/c1-2-15(21-14-5-3-4-12(18)10-14)16(20)19-13-8-6-11(17)7-9-13/h3-10,15H,2H2,1H3,(H,19,20)/t15-/m0/s1. The number of hydrogen-bond donors (Lipinski definition) is 1. The van der Waals surface area contributed by atoms with Crippen molar-refractivity contribution in [1.82, 2.24) is 0 Å². The molecule has 0 saturated carbocycles. The van der Waals surface area contributed by atoms with Crippen molar-refractivity contribution < 1.29 is 9.53 Å². The molecule has 0 aliphatic heterocycles. The molecule has 0 saturated heterocycles. The molecule has 0 aromatic heterocycles. The number of hydrogen-bond acceptors (Lipinski definition) is 2. The Hall–Kier alpha value is -1.71. The first-order chi connectivity index (χ1) is 10.1. The lowest BCUT2D eigenvalue weighted by Crippen LogP contribution is -2.32. The van der Waals surface area contributed by atoms with Crippen molar-refractivity contribution in [3.8, 4) is 5.75 Å². The predicted molar refractivity (Wildman–Crippen MR) is 86.2 cm³/mol. The maximum absolute atomic E-state index is 12.2. The number of amides is 1. The highest BCUT2D eigenvalue weighted by Gasteiger charge is 2.18. The quantitative estimate of drug-likeness (QED) is 0.859. The van der Waals surface area contributed by atoms with E-state index in [1.54, 1.807) is 48.5 Å². The molecule has 0 aliphatic carbocycles. The summed E-state index contributed by atoms with van der Waals surface area (Å²) in [6.07, 6.45) is -0.0366. The van der Waals surface area contributed by atoms with Crippen LogP contribution in [-0.4, -0.2) is 12.0 Å². The van der Waals surface area contributed by atoms with Crippen LogP contribution in [-0.2, 0) is 4.79 Å². The normalized spacial score (nSPS) is 11.8. The van der Waals surface area contributed by atoms with Gasteiger partial charge >= 0.3 is 0 Å². The third-order valence-electron chi connectivity index (χ3n) is 2.85. The molecule has 0 bridgehead atoms. The lowest BCUT2D eigenvalue weighted by Gasteiger charge is -2.17. The SMILES string of the molecule is CC[C@H](Oc1cccc(Cl)c1)C(=O)Nc1ccc(Cl)cc1. The summed E-state index contributed by atoms with van der Waals surface area (Å²) in [7, 11) is 0. The van der Waals surface area contributed by atoms with Crippen molar-refractivity contribution in [2.24, 2.45) is 0 Å². The van der Waals surface area contributed by atoms with Crippen LogP contribution in [0.1, 0.15) is 13.3 Å². The van der Waals surface area contributed by atoms with Crippen molar-refractivity contribution >= 4 is 34.8 Å². The van der Waals surface area contributed by atoms with Gasteiger partial charge in [0.2, 0.25) is 0 Å². The number of anilines is 1. The van der Waals surface area contributed by atoms with E-state index in [9.17, 15) is 4.79 Å². The van der Waals surface area contributed by atoms with Crippen LogP contribution in [0.5, 0.6) is 5.75 Å². The number of ether oxygens (including phenoxy) is 1. The van der Waals surface area contributed by atoms with Crippen molar-refractivity contribution in [3.63, 3.8) is 0 Å². The average Bonchev–Trinajstić information content (AvgIpc) is 2.47. The molecule has 1 N–H and O–H groups in total. The number of benzene rings is 2. The molecule has 0 heterocycles. The fourth-order valence-corrected chi connectivity index (χ4v) is 2.09. The summed E-state index contributed by atoms with van der Waals surface area (Å²) < 4.78 is 5.68. The van der Waals surface area contributed by atoms with Crippen LogP contribution in [0, 0.1) is 0 Å². The molecule has 3 nitrogen and oxygen atoms in total. The number of carbonyl (C=O) groups is 1. The Labute approximate surface area is 133 Å². The molecule has 5 heteroatoms. The van der Waals surface area contributed by atoms with Crippen LogP contribution in [0.15, 0.2) is 48.5 Å². The highest BCUT2D eigenvalue weighted by Crippen LogP contribution is 2.20. The first-order valence-corrected chi connectivity index (χ1v) is 7.32. The van der Waals surface area contributed by atoms with Gasteiger partial charge in [-0.15, -0.1) is 0 Å². The van der Waals surface area contributed by atoms with Gasteiger partial charge in [0.1, 0.15) is 5.75 Å². The molecule has 2 aromatic carbocycles. The molecule has 0 spiro atoms. The van der Waals surface area contributed by atoms with E-state index in [0.29, 0.717) is 27.9 Å². The number of carbonyl (C=O) groups excluding carboxylic acids is 1. The molecule has 21 heavy (non-hydrogen) atoms. The molecule has 1 atom stereocenters. The molecular weight excluding hydrogens is 309 g/mol. The van der Waals surface area contributed by atoms with Crippen molar-refractivity contribution in [2.75, 3.05) is 5.32 Å². The van der Waals surface area contributed by atoms with Gasteiger partial charge in [-0.3, -0.25) is 4.79 Å². The van der Waals surface area contributed by atoms with E-state index in [0.717, 1.165) is 0 Å². The summed E-state index contributed by atoms with van der Waals surface area (Å²) in [5.41, 5.74) is 0.678. The zero-order chi connectivity index (χ0) is 15.2. The van der Waals surface area contributed by atoms with Crippen LogP contribution in [0.4, 0.5) is 5.69 Å². The average molecular weight is 324 g/mol. The van der Waals surface area contributed by atoms with Crippen molar-refractivity contribution in [2.45, 2.75) is 19.4 Å². The van der Waals surface area contributed by atoms with E-state index >= 15 is 0 Å². The zero-order valence-corrected chi connectivity index (χ0v) is 13.0. The van der Waals surface area contributed by atoms with Gasteiger partial charge in [-0.1, -0.05) is 36.2 Å². The number of halogens is 2. The Bertz CT molecular complexity index is 614. The fraction of sp³-hybridized carbons (Fsp3) is 0.188. The summed E-state index contributed by atoms with van der Waals surface area (Å²) in [5, 5.41) is 3.99. The van der Waals surface area contributed by atoms with Crippen molar-refractivity contribution in [3.05, 3.63) is 58.6 Å². The van der Waals surface area contributed by atoms with Gasteiger partial charge in [-0.05, 0) is 48.9 Å². The lowest BCUT2D eigenvalue weighted by molar-refractivity contribution is -0.122. The summed E-state index contributed by atoms with van der Waals surface area (Å²) in [4.78, 5) is 12.2. The highest BCUT2D eigenvalue weighted by atomic mass is 35.5. The van der Waals surface area contributed by atoms with E-state index in [-0.39, 0.29) is 5.91 Å². The molecular formula is C16H15Cl2NO2. The maximum atomic E-state index is 12.2. The highest BCUT2D eigenvalue weighted by molar-refractivity contribution is 6.31. The minimum Gasteiger partial charge on any atom is -0.481 e. The third kappa shape index (κ3) is 4.66. The van der Waals surface area contributed by atoms with Gasteiger partial charge in [0, 0.05) is 15.7 Å². The number of nitrogens with one attached hydrogen (secondary N) is 1. The van der Waals surface area contributed by atoms with Crippen molar-refractivity contribution in [1.29, 1.82) is 0 Å². The topological polar surface area (TPSA) is 38.3 Å². The molecule has 0 unspecified atom stereocenters. The Balaban J connectivity index is 2.03. The Morgan fingerprint density at radius 3 is 2.48 bits per heavy atom. The van der Waals surface area contributed by atoms with E-state index in [1.807, 2.05) is 6.92 Å². The summed E-state index contributed by atoms with van der Waals surface area (Å²) in [5.74, 6) is 0.361. The molecule has 110 valence electrons. The fourth-order valence-electron chi connectivity index (χ4n) is 1.78. The van der Waals surface area contributed by atoms with Gasteiger partial charge in [0.05, 0.1) is 0 Å². The smallest absolute Gasteiger partial charge is 0.265 e. The molecule has 0 radical (unpaired) electrons. The maximum Gasteiger partial charge on any atom is 0.265 e. The molecule has 2 aromatic rings. The summed E-state index contributed by atoms with van der Waals surface area (Å²) in [6.45, 7) is 1.89. The van der Waals surface area contributed by atoms with Crippen LogP contribution in [0.3, 0.4) is 0 Å². The molecule has 1 amide bonds. The zero-order valence-electron chi connectivity index (χ0n) is 11.5. The minimum atomic E-state index is -0.584.